The second-order valence-corrected chi connectivity index (χ2v) is 13.0. The summed E-state index contributed by atoms with van der Waals surface area (Å²) in [5.74, 6) is -4.62. The van der Waals surface area contributed by atoms with Crippen molar-refractivity contribution in [3.05, 3.63) is 70.8 Å². The van der Waals surface area contributed by atoms with Crippen molar-refractivity contribution in [3.8, 4) is 0 Å². The molecule has 0 bridgehead atoms. The number of hydrogen-bond acceptors (Lipinski definition) is 4. The SMILES string of the molecule is N=C(N)c1ccc(CC(CN(C(=O)C(F)(F)F)C(C(=O)NCC2CCN(C(=N)N)CC2)C2CCCCC2)c2ccc(C(F)(F)F)cc2)cc1. The highest BCUT2D eigenvalue weighted by molar-refractivity contribution is 5.95. The lowest BCUT2D eigenvalue weighted by atomic mass is 9.81. The van der Waals surface area contributed by atoms with E-state index in [9.17, 15) is 35.9 Å². The molecule has 2 aromatic rings. The number of nitrogens with zero attached hydrogens (tertiary/aromatic N) is 2. The number of carbonyl (C=O) groups is 2. The molecule has 2 aromatic carbocycles. The quantitative estimate of drug-likeness (QED) is 0.122. The topological polar surface area (TPSA) is 152 Å². The van der Waals surface area contributed by atoms with Crippen LogP contribution >= 0.6 is 0 Å². The third-order valence-corrected chi connectivity index (χ3v) is 9.60. The molecule has 4 rings (SSSR count). The molecule has 0 aromatic heterocycles. The molecule has 0 radical (unpaired) electrons. The minimum absolute atomic E-state index is 0.00352. The van der Waals surface area contributed by atoms with E-state index in [-0.39, 0.29) is 36.2 Å². The first-order chi connectivity index (χ1) is 23.0. The van der Waals surface area contributed by atoms with E-state index in [0.29, 0.717) is 67.6 Å². The van der Waals surface area contributed by atoms with Gasteiger partial charge in [-0.3, -0.25) is 20.4 Å². The number of halogens is 6. The highest BCUT2D eigenvalue weighted by atomic mass is 19.4. The van der Waals surface area contributed by atoms with Crippen molar-refractivity contribution in [1.82, 2.24) is 15.1 Å². The van der Waals surface area contributed by atoms with Crippen molar-refractivity contribution in [1.29, 1.82) is 10.8 Å². The van der Waals surface area contributed by atoms with Crippen molar-refractivity contribution < 1.29 is 35.9 Å². The number of guanidine groups is 1. The second-order valence-electron chi connectivity index (χ2n) is 13.0. The standard InChI is InChI=1S/C34H43F6N7O2/c35-33(36,37)27-12-10-23(11-13-27)26(18-21-6-8-25(9-7-21)29(41)42)20-47(31(49)34(38,39)40)28(24-4-2-1-3-5-24)30(48)45-19-22-14-16-46(17-15-22)32(43)44/h6-13,22,24,26,28H,1-5,14-20H2,(H3,41,42)(H3,43,44)(H,45,48). The van der Waals surface area contributed by atoms with Crippen LogP contribution in [0.4, 0.5) is 26.3 Å². The van der Waals surface area contributed by atoms with Crippen LogP contribution in [0.15, 0.2) is 48.5 Å². The van der Waals surface area contributed by atoms with Gasteiger partial charge in [0.1, 0.15) is 11.9 Å². The maximum atomic E-state index is 14.3. The number of nitrogen functional groups attached to an aromatic ring is 1. The van der Waals surface area contributed by atoms with Crippen LogP contribution in [0.1, 0.15) is 73.1 Å². The first kappa shape index (κ1) is 37.5. The van der Waals surface area contributed by atoms with E-state index in [4.69, 9.17) is 22.3 Å². The van der Waals surface area contributed by atoms with Gasteiger partial charge in [-0.2, -0.15) is 26.3 Å². The Kier molecular flexibility index (Phi) is 12.2. The van der Waals surface area contributed by atoms with Gasteiger partial charge in [-0.05, 0) is 67.2 Å². The largest absolute Gasteiger partial charge is 0.471 e. The molecular weight excluding hydrogens is 652 g/mol. The maximum absolute atomic E-state index is 14.3. The zero-order valence-corrected chi connectivity index (χ0v) is 27.0. The number of hydrogen-bond donors (Lipinski definition) is 5. The molecule has 2 unspecified atom stereocenters. The Bertz CT molecular complexity index is 1450. The van der Waals surface area contributed by atoms with E-state index in [2.05, 4.69) is 5.32 Å². The van der Waals surface area contributed by atoms with E-state index in [0.717, 1.165) is 18.6 Å². The van der Waals surface area contributed by atoms with Gasteiger partial charge in [-0.1, -0.05) is 55.7 Å². The van der Waals surface area contributed by atoms with Crippen LogP contribution in [-0.4, -0.2) is 71.8 Å². The number of likely N-dealkylation sites (tertiary alicyclic amines) is 1. The molecule has 1 aliphatic carbocycles. The normalized spacial score (nSPS) is 17.6. The number of alkyl halides is 6. The number of benzene rings is 2. The Hall–Kier alpha value is -4.30. The lowest BCUT2D eigenvalue weighted by molar-refractivity contribution is -0.190. The average molecular weight is 696 g/mol. The number of piperidine rings is 1. The molecule has 1 aliphatic heterocycles. The Labute approximate surface area is 281 Å². The molecular formula is C34H43F6N7O2. The first-order valence-corrected chi connectivity index (χ1v) is 16.4. The number of nitrogens with one attached hydrogen (secondary N) is 3. The number of amidine groups is 1. The van der Waals surface area contributed by atoms with E-state index in [1.54, 1.807) is 29.2 Å². The summed E-state index contributed by atoms with van der Waals surface area (Å²) in [5, 5.41) is 18.1. The summed E-state index contributed by atoms with van der Waals surface area (Å²) in [5.41, 5.74) is 11.5. The molecule has 2 aliphatic rings. The summed E-state index contributed by atoms with van der Waals surface area (Å²) < 4.78 is 83.3. The van der Waals surface area contributed by atoms with Gasteiger partial charge in [0.2, 0.25) is 5.91 Å². The molecule has 15 heteroatoms. The Morgan fingerprint density at radius 1 is 0.878 bits per heavy atom. The number of nitrogens with two attached hydrogens (primary N) is 2. The van der Waals surface area contributed by atoms with Gasteiger partial charge >= 0.3 is 18.3 Å². The van der Waals surface area contributed by atoms with Crippen molar-refractivity contribution in [2.45, 2.75) is 75.7 Å². The lowest BCUT2D eigenvalue weighted by Gasteiger charge is -2.40. The van der Waals surface area contributed by atoms with E-state index < -0.39 is 54.2 Å². The van der Waals surface area contributed by atoms with Gasteiger partial charge in [0.25, 0.3) is 0 Å². The zero-order chi connectivity index (χ0) is 35.9. The predicted octanol–water partition coefficient (Wildman–Crippen LogP) is 5.38. The summed E-state index contributed by atoms with van der Waals surface area (Å²) >= 11 is 0. The molecule has 1 saturated heterocycles. The Balaban J connectivity index is 1.69. The molecule has 0 spiro atoms. The van der Waals surface area contributed by atoms with Gasteiger partial charge in [-0.25, -0.2) is 0 Å². The van der Waals surface area contributed by atoms with Crippen molar-refractivity contribution in [2.24, 2.45) is 23.3 Å². The minimum Gasteiger partial charge on any atom is -0.384 e. The molecule has 7 N–H and O–H groups in total. The van der Waals surface area contributed by atoms with E-state index >= 15 is 0 Å². The Morgan fingerprint density at radius 2 is 1.47 bits per heavy atom. The molecule has 9 nitrogen and oxygen atoms in total. The maximum Gasteiger partial charge on any atom is 0.471 e. The summed E-state index contributed by atoms with van der Waals surface area (Å²) in [6, 6.07) is 8.97. The first-order valence-electron chi connectivity index (χ1n) is 16.4. The van der Waals surface area contributed by atoms with Crippen molar-refractivity contribution in [3.63, 3.8) is 0 Å². The highest BCUT2D eigenvalue weighted by Gasteiger charge is 2.49. The van der Waals surface area contributed by atoms with Crippen molar-refractivity contribution in [2.75, 3.05) is 26.2 Å². The van der Waals surface area contributed by atoms with Crippen LogP contribution in [0.5, 0.6) is 0 Å². The molecule has 2 amide bonds. The van der Waals surface area contributed by atoms with Crippen LogP contribution in [0.3, 0.4) is 0 Å². The lowest BCUT2D eigenvalue weighted by Crippen LogP contribution is -2.58. The van der Waals surface area contributed by atoms with Gasteiger partial charge in [0.15, 0.2) is 5.96 Å². The highest BCUT2D eigenvalue weighted by Crippen LogP contribution is 2.35. The number of carbonyl (C=O) groups excluding carboxylic acids is 2. The van der Waals surface area contributed by atoms with Crippen LogP contribution in [0, 0.1) is 22.7 Å². The van der Waals surface area contributed by atoms with E-state index in [1.165, 1.54) is 12.1 Å². The fourth-order valence-corrected chi connectivity index (χ4v) is 6.85. The third kappa shape index (κ3) is 10.1. The monoisotopic (exact) mass is 695 g/mol. The fourth-order valence-electron chi connectivity index (χ4n) is 6.85. The van der Waals surface area contributed by atoms with Crippen LogP contribution in [0.25, 0.3) is 0 Å². The van der Waals surface area contributed by atoms with Gasteiger partial charge in [-0.15, -0.1) is 0 Å². The van der Waals surface area contributed by atoms with Gasteiger partial charge in [0, 0.05) is 37.7 Å². The fraction of sp³-hybridized carbons (Fsp3) is 0.529. The van der Waals surface area contributed by atoms with Crippen molar-refractivity contribution >= 4 is 23.6 Å². The number of rotatable bonds is 11. The predicted molar refractivity (Wildman–Crippen MR) is 173 cm³/mol. The summed E-state index contributed by atoms with van der Waals surface area (Å²) in [4.78, 5) is 29.5. The molecule has 268 valence electrons. The minimum atomic E-state index is -5.32. The second kappa shape index (κ2) is 15.9. The van der Waals surface area contributed by atoms with E-state index in [1.807, 2.05) is 0 Å². The molecule has 2 fully saturated rings. The van der Waals surface area contributed by atoms with Crippen LogP contribution < -0.4 is 16.8 Å². The van der Waals surface area contributed by atoms with Gasteiger partial charge in [0.05, 0.1) is 5.56 Å². The average Bonchev–Trinajstić information content (AvgIpc) is 3.06. The molecule has 1 saturated carbocycles. The molecule has 2 atom stereocenters. The smallest absolute Gasteiger partial charge is 0.384 e. The zero-order valence-electron chi connectivity index (χ0n) is 27.0. The van der Waals surface area contributed by atoms with Crippen LogP contribution in [0.2, 0.25) is 0 Å². The Morgan fingerprint density at radius 3 is 1.98 bits per heavy atom. The van der Waals surface area contributed by atoms with Crippen LogP contribution in [-0.2, 0) is 22.2 Å². The summed E-state index contributed by atoms with van der Waals surface area (Å²) in [7, 11) is 0. The summed E-state index contributed by atoms with van der Waals surface area (Å²) in [6.45, 7) is 0.599. The third-order valence-electron chi connectivity index (χ3n) is 9.60. The van der Waals surface area contributed by atoms with Gasteiger partial charge < -0.3 is 26.6 Å². The summed E-state index contributed by atoms with van der Waals surface area (Å²) in [6.07, 6.45) is -5.64. The molecule has 1 heterocycles. The number of amides is 2. The molecule has 49 heavy (non-hydrogen) atoms.